The van der Waals surface area contributed by atoms with Gasteiger partial charge in [-0.25, -0.2) is 0 Å². The van der Waals surface area contributed by atoms with Crippen molar-refractivity contribution >= 4 is 29.0 Å². The minimum absolute atomic E-state index is 0.0697. The summed E-state index contributed by atoms with van der Waals surface area (Å²) >= 11 is 12.2. The van der Waals surface area contributed by atoms with E-state index in [0.717, 1.165) is 16.1 Å². The van der Waals surface area contributed by atoms with Gasteiger partial charge in [0.25, 0.3) is 0 Å². The quantitative estimate of drug-likeness (QED) is 0.689. The van der Waals surface area contributed by atoms with Crippen molar-refractivity contribution in [2.24, 2.45) is 0 Å². The molecule has 0 heterocycles. The maximum Gasteiger partial charge on any atom is 0.161 e. The number of benzene rings is 2. The van der Waals surface area contributed by atoms with Crippen molar-refractivity contribution in [1.82, 2.24) is 0 Å². The molecule has 0 aromatic heterocycles. The van der Waals surface area contributed by atoms with Gasteiger partial charge in [-0.2, -0.15) is 0 Å². The van der Waals surface area contributed by atoms with Crippen molar-refractivity contribution in [3.8, 4) is 11.5 Å². The molecule has 0 spiro atoms. The molecular formula is C16H14Cl2O2. The SMILES string of the molecule is CC(=O)c1ccc(Oc2cc(C)c(Cl)c(C)c2)cc1Cl. The predicted octanol–water partition coefficient (Wildman–Crippen LogP) is 5.61. The standard InChI is InChI=1S/C16H14Cl2O2/c1-9-6-13(7-10(2)16(9)18)20-12-4-5-14(11(3)19)15(17)8-12/h4-8H,1-3H3. The minimum atomic E-state index is -0.0697. The zero-order chi connectivity index (χ0) is 14.9. The number of aryl methyl sites for hydroxylation is 2. The van der Waals surface area contributed by atoms with Crippen molar-refractivity contribution in [3.05, 3.63) is 57.1 Å². The summed E-state index contributed by atoms with van der Waals surface area (Å²) in [4.78, 5) is 11.3. The second-order valence-corrected chi connectivity index (χ2v) is 5.46. The first-order chi connectivity index (χ1) is 9.38. The van der Waals surface area contributed by atoms with E-state index >= 15 is 0 Å². The second-order valence-electron chi connectivity index (χ2n) is 4.67. The monoisotopic (exact) mass is 308 g/mol. The van der Waals surface area contributed by atoms with Crippen LogP contribution in [0.5, 0.6) is 11.5 Å². The normalized spacial score (nSPS) is 10.4. The van der Waals surface area contributed by atoms with E-state index in [1.54, 1.807) is 18.2 Å². The number of hydrogen-bond acceptors (Lipinski definition) is 2. The van der Waals surface area contributed by atoms with Gasteiger partial charge in [-0.3, -0.25) is 4.79 Å². The molecule has 0 fully saturated rings. The first kappa shape index (κ1) is 14.9. The van der Waals surface area contributed by atoms with Gasteiger partial charge < -0.3 is 4.74 Å². The van der Waals surface area contributed by atoms with Gasteiger partial charge in [0.1, 0.15) is 11.5 Å². The summed E-state index contributed by atoms with van der Waals surface area (Å²) in [5.74, 6) is 1.21. The van der Waals surface area contributed by atoms with Crippen LogP contribution in [0.4, 0.5) is 0 Å². The molecule has 0 saturated carbocycles. The summed E-state index contributed by atoms with van der Waals surface area (Å²) < 4.78 is 5.76. The van der Waals surface area contributed by atoms with Gasteiger partial charge >= 0.3 is 0 Å². The van der Waals surface area contributed by atoms with E-state index in [4.69, 9.17) is 27.9 Å². The molecule has 20 heavy (non-hydrogen) atoms. The number of hydrogen-bond donors (Lipinski definition) is 0. The summed E-state index contributed by atoms with van der Waals surface area (Å²) in [7, 11) is 0. The van der Waals surface area contributed by atoms with Gasteiger partial charge in [0.2, 0.25) is 0 Å². The minimum Gasteiger partial charge on any atom is -0.457 e. The Kier molecular flexibility index (Phi) is 4.36. The van der Waals surface area contributed by atoms with Crippen molar-refractivity contribution in [1.29, 1.82) is 0 Å². The molecule has 2 aromatic carbocycles. The van der Waals surface area contributed by atoms with Gasteiger partial charge in [-0.05, 0) is 56.2 Å². The van der Waals surface area contributed by atoms with Crippen LogP contribution in [0, 0.1) is 13.8 Å². The van der Waals surface area contributed by atoms with E-state index in [-0.39, 0.29) is 5.78 Å². The summed E-state index contributed by atoms with van der Waals surface area (Å²) in [6, 6.07) is 8.75. The Hall–Kier alpha value is -1.51. The molecule has 0 aliphatic rings. The second kappa shape index (κ2) is 5.86. The fraction of sp³-hybridized carbons (Fsp3) is 0.188. The third kappa shape index (κ3) is 3.14. The lowest BCUT2D eigenvalue weighted by molar-refractivity contribution is 0.101. The number of carbonyl (C=O) groups is 1. The molecule has 0 atom stereocenters. The summed E-state index contributed by atoms with van der Waals surface area (Å²) in [5, 5.41) is 1.12. The smallest absolute Gasteiger partial charge is 0.161 e. The molecule has 0 saturated heterocycles. The number of halogens is 2. The molecule has 0 aliphatic carbocycles. The number of ether oxygens (including phenoxy) is 1. The van der Waals surface area contributed by atoms with Crippen molar-refractivity contribution in [2.75, 3.05) is 0 Å². The lowest BCUT2D eigenvalue weighted by atomic mass is 10.1. The highest BCUT2D eigenvalue weighted by Gasteiger charge is 2.09. The molecule has 0 bridgehead atoms. The van der Waals surface area contributed by atoms with Crippen LogP contribution in [0.3, 0.4) is 0 Å². The van der Waals surface area contributed by atoms with Crippen LogP contribution < -0.4 is 4.74 Å². The van der Waals surface area contributed by atoms with E-state index < -0.39 is 0 Å². The van der Waals surface area contributed by atoms with Crippen molar-refractivity contribution in [2.45, 2.75) is 20.8 Å². The van der Waals surface area contributed by atoms with Crippen molar-refractivity contribution in [3.63, 3.8) is 0 Å². The van der Waals surface area contributed by atoms with Gasteiger partial charge in [0, 0.05) is 16.7 Å². The highest BCUT2D eigenvalue weighted by atomic mass is 35.5. The molecule has 0 radical (unpaired) electrons. The molecule has 4 heteroatoms. The predicted molar refractivity (Wildman–Crippen MR) is 82.5 cm³/mol. The highest BCUT2D eigenvalue weighted by molar-refractivity contribution is 6.34. The van der Waals surface area contributed by atoms with Gasteiger partial charge in [-0.1, -0.05) is 23.2 Å². The van der Waals surface area contributed by atoms with Crippen LogP contribution in [0.15, 0.2) is 30.3 Å². The van der Waals surface area contributed by atoms with Crippen LogP contribution in [0.1, 0.15) is 28.4 Å². The molecule has 0 amide bonds. The average molecular weight is 309 g/mol. The molecule has 2 rings (SSSR count). The molecule has 2 aromatic rings. The molecule has 104 valence electrons. The molecule has 0 aliphatic heterocycles. The van der Waals surface area contributed by atoms with Crippen LogP contribution in [-0.2, 0) is 0 Å². The molecular weight excluding hydrogens is 295 g/mol. The molecule has 0 N–H and O–H groups in total. The van der Waals surface area contributed by atoms with Gasteiger partial charge in [0.05, 0.1) is 5.02 Å². The van der Waals surface area contributed by atoms with E-state index in [1.165, 1.54) is 6.92 Å². The number of rotatable bonds is 3. The fourth-order valence-corrected chi connectivity index (χ4v) is 2.36. The first-order valence-corrected chi connectivity index (χ1v) is 6.89. The van der Waals surface area contributed by atoms with Crippen LogP contribution in [0.2, 0.25) is 10.0 Å². The topological polar surface area (TPSA) is 26.3 Å². The summed E-state index contributed by atoms with van der Waals surface area (Å²) in [6.45, 7) is 5.33. The maximum atomic E-state index is 11.3. The van der Waals surface area contributed by atoms with E-state index in [2.05, 4.69) is 0 Å². The van der Waals surface area contributed by atoms with Gasteiger partial charge in [-0.15, -0.1) is 0 Å². The number of carbonyl (C=O) groups excluding carboxylic acids is 1. The Labute approximate surface area is 128 Å². The van der Waals surface area contributed by atoms with Crippen LogP contribution in [-0.4, -0.2) is 5.78 Å². The zero-order valence-corrected chi connectivity index (χ0v) is 13.0. The van der Waals surface area contributed by atoms with Crippen molar-refractivity contribution < 1.29 is 9.53 Å². The summed E-state index contributed by atoms with van der Waals surface area (Å²) in [6.07, 6.45) is 0. The zero-order valence-electron chi connectivity index (χ0n) is 11.5. The Bertz CT molecular complexity index is 655. The summed E-state index contributed by atoms with van der Waals surface area (Å²) in [5.41, 5.74) is 2.39. The Morgan fingerprint density at radius 1 is 1.00 bits per heavy atom. The fourth-order valence-electron chi connectivity index (χ4n) is 1.95. The number of ketones is 1. The third-order valence-electron chi connectivity index (χ3n) is 2.97. The average Bonchev–Trinajstić information content (AvgIpc) is 2.35. The Balaban J connectivity index is 2.31. The Morgan fingerprint density at radius 2 is 1.60 bits per heavy atom. The maximum absolute atomic E-state index is 11.3. The van der Waals surface area contributed by atoms with E-state index in [1.807, 2.05) is 26.0 Å². The largest absolute Gasteiger partial charge is 0.457 e. The lowest BCUT2D eigenvalue weighted by Gasteiger charge is -2.10. The van der Waals surface area contributed by atoms with Crippen LogP contribution >= 0.6 is 23.2 Å². The highest BCUT2D eigenvalue weighted by Crippen LogP contribution is 2.31. The first-order valence-electron chi connectivity index (χ1n) is 6.13. The molecule has 2 nitrogen and oxygen atoms in total. The molecule has 0 unspecified atom stereocenters. The number of Topliss-reactive ketones (excluding diaryl/α,β-unsaturated/α-hetero) is 1. The third-order valence-corrected chi connectivity index (χ3v) is 3.87. The van der Waals surface area contributed by atoms with E-state index in [9.17, 15) is 4.79 Å². The van der Waals surface area contributed by atoms with Crippen LogP contribution in [0.25, 0.3) is 0 Å². The lowest BCUT2D eigenvalue weighted by Crippen LogP contribution is -1.94. The Morgan fingerprint density at radius 3 is 2.10 bits per heavy atom. The van der Waals surface area contributed by atoms with E-state index in [0.29, 0.717) is 22.1 Å². The van der Waals surface area contributed by atoms with Gasteiger partial charge in [0.15, 0.2) is 5.78 Å².